The van der Waals surface area contributed by atoms with E-state index in [-0.39, 0.29) is 31.0 Å². The van der Waals surface area contributed by atoms with Crippen molar-refractivity contribution in [2.24, 2.45) is 0 Å². The minimum atomic E-state index is -2.03. The molecule has 0 aromatic heterocycles. The molecule has 0 aliphatic carbocycles. The van der Waals surface area contributed by atoms with Crippen LogP contribution in [0.15, 0.2) is 0 Å². The number of hydrogen-bond acceptors (Lipinski definition) is 6. The summed E-state index contributed by atoms with van der Waals surface area (Å²) in [6.07, 6.45) is -5.86. The number of rotatable bonds is 7. The first-order valence-corrected chi connectivity index (χ1v) is 4.29. The van der Waals surface area contributed by atoms with Gasteiger partial charge in [0.2, 0.25) is 6.10 Å². The van der Waals surface area contributed by atoms with Crippen LogP contribution in [0.3, 0.4) is 0 Å². The molecular weight excluding hydrogens is 263 g/mol. The van der Waals surface area contributed by atoms with E-state index >= 15 is 0 Å². The molecule has 0 radical (unpaired) electrons. The standard InChI is InChI=1S/C8H10O9.Na.H/c9-3(7(13)14)1-6(12)17-4(8(15)16)2-5(10)11;;/h3-4,9H,1-2H2,(H,10,11)(H,13,14)(H,15,16);;/q;+1;-1. The molecule has 0 aromatic carbocycles. The fourth-order valence-corrected chi connectivity index (χ4v) is 0.790. The molecule has 0 aromatic rings. The number of esters is 1. The van der Waals surface area contributed by atoms with E-state index in [1.165, 1.54) is 0 Å². The molecule has 0 aliphatic rings. The van der Waals surface area contributed by atoms with Gasteiger partial charge in [-0.1, -0.05) is 0 Å². The molecule has 0 aliphatic heterocycles. The summed E-state index contributed by atoms with van der Waals surface area (Å²) in [6.45, 7) is 0. The number of aliphatic hydroxyl groups is 1. The third-order valence-corrected chi connectivity index (χ3v) is 1.55. The van der Waals surface area contributed by atoms with E-state index in [0.717, 1.165) is 0 Å². The molecule has 2 atom stereocenters. The molecule has 0 rings (SSSR count). The van der Waals surface area contributed by atoms with Gasteiger partial charge in [-0.2, -0.15) is 0 Å². The van der Waals surface area contributed by atoms with E-state index in [1.54, 1.807) is 0 Å². The maximum Gasteiger partial charge on any atom is 1.00 e. The van der Waals surface area contributed by atoms with Crippen molar-refractivity contribution in [2.75, 3.05) is 0 Å². The Kier molecular flexibility index (Phi) is 9.45. The van der Waals surface area contributed by atoms with E-state index in [0.29, 0.717) is 0 Å². The average molecular weight is 274 g/mol. The van der Waals surface area contributed by atoms with E-state index in [4.69, 9.17) is 20.4 Å². The summed E-state index contributed by atoms with van der Waals surface area (Å²) in [5.41, 5.74) is 0. The van der Waals surface area contributed by atoms with Gasteiger partial charge in [0.05, 0.1) is 12.8 Å². The van der Waals surface area contributed by atoms with Crippen LogP contribution < -0.4 is 29.6 Å². The predicted molar refractivity (Wildman–Crippen MR) is 49.1 cm³/mol. The summed E-state index contributed by atoms with van der Waals surface area (Å²) in [4.78, 5) is 41.8. The van der Waals surface area contributed by atoms with Gasteiger partial charge in [0.15, 0.2) is 6.10 Å². The first-order valence-electron chi connectivity index (χ1n) is 4.29. The summed E-state index contributed by atoms with van der Waals surface area (Å²) in [5, 5.41) is 33.8. The van der Waals surface area contributed by atoms with Crippen molar-refractivity contribution >= 4 is 23.9 Å². The van der Waals surface area contributed by atoms with Gasteiger partial charge in [0, 0.05) is 0 Å². The Morgan fingerprint density at radius 2 is 1.50 bits per heavy atom. The smallest absolute Gasteiger partial charge is 1.00 e. The largest absolute Gasteiger partial charge is 1.00 e. The molecule has 0 fully saturated rings. The predicted octanol–water partition coefficient (Wildman–Crippen LogP) is -4.59. The molecule has 9 nitrogen and oxygen atoms in total. The topological polar surface area (TPSA) is 158 Å². The van der Waals surface area contributed by atoms with Gasteiger partial charge < -0.3 is 26.6 Å². The number of ether oxygens (including phenoxy) is 1. The normalized spacial score (nSPS) is 12.7. The Labute approximate surface area is 124 Å². The zero-order chi connectivity index (χ0) is 13.6. The van der Waals surface area contributed by atoms with Crippen molar-refractivity contribution in [1.82, 2.24) is 0 Å². The Morgan fingerprint density at radius 3 is 1.83 bits per heavy atom. The second-order valence-electron chi connectivity index (χ2n) is 2.97. The number of aliphatic hydroxyl groups excluding tert-OH is 1. The maximum atomic E-state index is 11.0. The number of aliphatic carboxylic acids is 3. The quantitative estimate of drug-likeness (QED) is 0.264. The first kappa shape index (κ1) is 19.2. The van der Waals surface area contributed by atoms with Crippen molar-refractivity contribution in [1.29, 1.82) is 0 Å². The van der Waals surface area contributed by atoms with E-state index in [9.17, 15) is 19.2 Å². The summed E-state index contributed by atoms with van der Waals surface area (Å²) >= 11 is 0. The molecule has 4 N–H and O–H groups in total. The molecule has 0 spiro atoms. The second-order valence-corrected chi connectivity index (χ2v) is 2.97. The van der Waals surface area contributed by atoms with Crippen molar-refractivity contribution in [2.45, 2.75) is 25.0 Å². The third kappa shape index (κ3) is 8.01. The minimum Gasteiger partial charge on any atom is -1.00 e. The zero-order valence-corrected chi connectivity index (χ0v) is 11.4. The monoisotopic (exact) mass is 274 g/mol. The van der Waals surface area contributed by atoms with Crippen molar-refractivity contribution in [3.05, 3.63) is 0 Å². The van der Waals surface area contributed by atoms with E-state index in [1.807, 2.05) is 0 Å². The molecule has 0 amide bonds. The van der Waals surface area contributed by atoms with Gasteiger partial charge in [-0.05, 0) is 0 Å². The average Bonchev–Trinajstić information content (AvgIpc) is 2.15. The van der Waals surface area contributed by atoms with Gasteiger partial charge >= 0.3 is 53.4 Å². The third-order valence-electron chi connectivity index (χ3n) is 1.55. The fraction of sp³-hybridized carbons (Fsp3) is 0.500. The number of carboxylic acids is 3. The van der Waals surface area contributed by atoms with Gasteiger partial charge in [-0.15, -0.1) is 0 Å². The molecule has 0 saturated heterocycles. The Morgan fingerprint density at radius 1 is 1.00 bits per heavy atom. The Bertz CT molecular complexity index is 345. The van der Waals surface area contributed by atoms with Crippen LogP contribution >= 0.6 is 0 Å². The summed E-state index contributed by atoms with van der Waals surface area (Å²) < 4.78 is 4.20. The van der Waals surface area contributed by atoms with Crippen molar-refractivity contribution < 1.29 is 75.3 Å². The van der Waals surface area contributed by atoms with Crippen LogP contribution in [0.5, 0.6) is 0 Å². The molecule has 0 saturated carbocycles. The van der Waals surface area contributed by atoms with Crippen LogP contribution in [0.2, 0.25) is 0 Å². The van der Waals surface area contributed by atoms with Gasteiger partial charge in [-0.3, -0.25) is 9.59 Å². The van der Waals surface area contributed by atoms with Crippen LogP contribution in [0.4, 0.5) is 0 Å². The number of hydrogen-bond donors (Lipinski definition) is 4. The number of carboxylic acid groups (broad SMARTS) is 3. The van der Waals surface area contributed by atoms with E-state index < -0.39 is 48.9 Å². The molecule has 0 bridgehead atoms. The van der Waals surface area contributed by atoms with Crippen LogP contribution in [0.25, 0.3) is 0 Å². The molecular formula is C8H11NaO9. The summed E-state index contributed by atoms with van der Waals surface area (Å²) in [6, 6.07) is 0. The zero-order valence-electron chi connectivity index (χ0n) is 10.4. The van der Waals surface area contributed by atoms with Crippen molar-refractivity contribution in [3.63, 3.8) is 0 Å². The van der Waals surface area contributed by atoms with Crippen LogP contribution in [0.1, 0.15) is 14.3 Å². The van der Waals surface area contributed by atoms with Crippen LogP contribution in [-0.4, -0.2) is 56.5 Å². The van der Waals surface area contributed by atoms with Gasteiger partial charge in [0.1, 0.15) is 0 Å². The Balaban J connectivity index is -0.00000128. The fourth-order valence-electron chi connectivity index (χ4n) is 0.790. The Hall–Kier alpha value is -1.16. The molecule has 2 unspecified atom stereocenters. The summed E-state index contributed by atoms with van der Waals surface area (Å²) in [5.74, 6) is -6.16. The molecule has 0 heterocycles. The SMILES string of the molecule is O=C(O)CC(OC(=O)CC(O)C(=O)O)C(=O)O.[H-].[Na+]. The van der Waals surface area contributed by atoms with Gasteiger partial charge in [-0.25, -0.2) is 9.59 Å². The number of carbonyl (C=O) groups excluding carboxylic acids is 1. The minimum absolute atomic E-state index is 0. The maximum absolute atomic E-state index is 11.0. The molecule has 10 heteroatoms. The molecule has 98 valence electrons. The van der Waals surface area contributed by atoms with Crippen LogP contribution in [0, 0.1) is 0 Å². The summed E-state index contributed by atoms with van der Waals surface area (Å²) in [7, 11) is 0. The number of carbonyl (C=O) groups is 4. The first-order chi connectivity index (χ1) is 7.73. The molecule has 18 heavy (non-hydrogen) atoms. The van der Waals surface area contributed by atoms with Crippen LogP contribution in [-0.2, 0) is 23.9 Å². The van der Waals surface area contributed by atoms with Crippen molar-refractivity contribution in [3.8, 4) is 0 Å². The van der Waals surface area contributed by atoms with Gasteiger partial charge in [0.25, 0.3) is 0 Å². The van der Waals surface area contributed by atoms with E-state index in [2.05, 4.69) is 4.74 Å². The second kappa shape index (κ2) is 8.86.